The Labute approximate surface area is 168 Å². The smallest absolute Gasteiger partial charge is 0.283 e. The number of amides is 1. The highest BCUT2D eigenvalue weighted by Gasteiger charge is 2.44. The first-order chi connectivity index (χ1) is 13.1. The third-order valence-electron chi connectivity index (χ3n) is 6.16. The summed E-state index contributed by atoms with van der Waals surface area (Å²) in [6.45, 7) is 1.81. The summed E-state index contributed by atoms with van der Waals surface area (Å²) in [4.78, 5) is 13.0. The maximum atomic E-state index is 13.0. The summed E-state index contributed by atoms with van der Waals surface area (Å²) >= 11 is 12.5. The Kier molecular flexibility index (Phi) is 4.42. The number of nitrogens with zero attached hydrogens (tertiary/aromatic N) is 3. The summed E-state index contributed by atoms with van der Waals surface area (Å²) in [6, 6.07) is 5.43. The van der Waals surface area contributed by atoms with E-state index in [2.05, 4.69) is 5.43 Å². The Balaban J connectivity index is 1.55. The highest BCUT2D eigenvalue weighted by Crippen LogP contribution is 2.54. The van der Waals surface area contributed by atoms with Crippen LogP contribution in [0.1, 0.15) is 72.1 Å². The van der Waals surface area contributed by atoms with Crippen molar-refractivity contribution in [2.75, 3.05) is 13.1 Å². The molecule has 5 nitrogen and oxygen atoms in total. The van der Waals surface area contributed by atoms with Crippen LogP contribution in [0.2, 0.25) is 10.0 Å². The van der Waals surface area contributed by atoms with Crippen molar-refractivity contribution in [1.82, 2.24) is 20.2 Å². The summed E-state index contributed by atoms with van der Waals surface area (Å²) < 4.78 is 1.89. The fraction of sp³-hybridized carbons (Fsp3) is 0.500. The van der Waals surface area contributed by atoms with E-state index in [1.807, 2.05) is 21.8 Å². The van der Waals surface area contributed by atoms with Crippen molar-refractivity contribution >= 4 is 29.1 Å². The lowest BCUT2D eigenvalue weighted by Gasteiger charge is -2.26. The molecular formula is C20H22Cl2N4O. The zero-order valence-electron chi connectivity index (χ0n) is 15.0. The number of hydrogen-bond donors (Lipinski definition) is 1. The first kappa shape index (κ1) is 17.5. The minimum Gasteiger partial charge on any atom is -0.283 e. The second-order valence-corrected chi connectivity index (χ2v) is 8.69. The van der Waals surface area contributed by atoms with Gasteiger partial charge in [-0.1, -0.05) is 29.6 Å². The van der Waals surface area contributed by atoms with Gasteiger partial charge in [-0.3, -0.25) is 10.2 Å². The maximum absolute atomic E-state index is 13.0. The second-order valence-electron chi connectivity index (χ2n) is 7.85. The molecule has 142 valence electrons. The molecule has 2 aliphatic carbocycles. The SMILES string of the molecule is O=C(NN1CCCCC1)c1nn(-c2ccc(Cl)cc2Cl)c2c1[C@H]1CC[C@H]2C1. The van der Waals surface area contributed by atoms with Gasteiger partial charge in [0, 0.05) is 29.6 Å². The van der Waals surface area contributed by atoms with Crippen molar-refractivity contribution in [1.29, 1.82) is 0 Å². The van der Waals surface area contributed by atoms with Crippen molar-refractivity contribution in [2.45, 2.75) is 50.4 Å². The molecule has 2 heterocycles. The Bertz CT molecular complexity index is 904. The number of hydrazine groups is 1. The lowest BCUT2D eigenvalue weighted by molar-refractivity contribution is 0.0743. The highest BCUT2D eigenvalue weighted by molar-refractivity contribution is 6.35. The maximum Gasteiger partial charge on any atom is 0.286 e. The number of hydrogen-bond acceptors (Lipinski definition) is 3. The second kappa shape index (κ2) is 6.80. The topological polar surface area (TPSA) is 50.2 Å². The Hall–Kier alpha value is -1.56. The fourth-order valence-electron chi connectivity index (χ4n) is 4.94. The van der Waals surface area contributed by atoms with E-state index in [1.54, 1.807) is 6.07 Å². The van der Waals surface area contributed by atoms with Gasteiger partial charge < -0.3 is 0 Å². The van der Waals surface area contributed by atoms with E-state index in [0.29, 0.717) is 27.6 Å². The average Bonchev–Trinajstić information content (AvgIpc) is 3.35. The van der Waals surface area contributed by atoms with Crippen LogP contribution in [0, 0.1) is 0 Å². The monoisotopic (exact) mass is 404 g/mol. The summed E-state index contributed by atoms with van der Waals surface area (Å²) in [6.07, 6.45) is 6.89. The Morgan fingerprint density at radius 2 is 1.89 bits per heavy atom. The molecule has 1 aromatic heterocycles. The molecule has 1 amide bonds. The molecule has 0 radical (unpaired) electrons. The van der Waals surface area contributed by atoms with Crippen molar-refractivity contribution < 1.29 is 4.79 Å². The van der Waals surface area contributed by atoms with E-state index in [-0.39, 0.29) is 5.91 Å². The van der Waals surface area contributed by atoms with Gasteiger partial charge in [0.15, 0.2) is 5.69 Å². The van der Waals surface area contributed by atoms with Crippen LogP contribution in [0.4, 0.5) is 0 Å². The van der Waals surface area contributed by atoms with Crippen LogP contribution >= 0.6 is 23.2 Å². The molecule has 27 heavy (non-hydrogen) atoms. The Morgan fingerprint density at radius 3 is 2.67 bits per heavy atom. The molecule has 3 aliphatic rings. The molecule has 2 bridgehead atoms. The Morgan fingerprint density at radius 1 is 1.11 bits per heavy atom. The summed E-state index contributed by atoms with van der Waals surface area (Å²) in [5, 5.41) is 7.93. The summed E-state index contributed by atoms with van der Waals surface area (Å²) in [5.74, 6) is 0.803. The van der Waals surface area contributed by atoms with Crippen LogP contribution < -0.4 is 5.43 Å². The van der Waals surface area contributed by atoms with Gasteiger partial charge in [0.05, 0.1) is 16.4 Å². The van der Waals surface area contributed by atoms with E-state index >= 15 is 0 Å². The van der Waals surface area contributed by atoms with Crippen LogP contribution in [-0.4, -0.2) is 33.8 Å². The van der Waals surface area contributed by atoms with E-state index < -0.39 is 0 Å². The minimum atomic E-state index is -0.0930. The van der Waals surface area contributed by atoms with Gasteiger partial charge in [-0.05, 0) is 56.2 Å². The number of rotatable bonds is 3. The predicted molar refractivity (Wildman–Crippen MR) is 106 cm³/mol. The number of fused-ring (bicyclic) bond motifs is 5. The van der Waals surface area contributed by atoms with Crippen LogP contribution in [0.15, 0.2) is 18.2 Å². The quantitative estimate of drug-likeness (QED) is 0.807. The standard InChI is InChI=1S/C20H22Cl2N4O/c21-14-6-7-16(15(22)11-14)26-19-13-5-4-12(10-13)17(19)18(23-26)20(27)24-25-8-2-1-3-9-25/h6-7,11-13H,1-5,8-10H2,(H,24,27)/t12-,13-/m0/s1. The average molecular weight is 405 g/mol. The van der Waals surface area contributed by atoms with Gasteiger partial charge in [-0.2, -0.15) is 5.10 Å². The van der Waals surface area contributed by atoms with E-state index in [4.69, 9.17) is 28.3 Å². The van der Waals surface area contributed by atoms with Gasteiger partial charge in [-0.15, -0.1) is 0 Å². The molecule has 0 spiro atoms. The molecule has 0 unspecified atom stereocenters. The first-order valence-corrected chi connectivity index (χ1v) is 10.5. The number of nitrogens with one attached hydrogen (secondary N) is 1. The van der Waals surface area contributed by atoms with Gasteiger partial charge >= 0.3 is 0 Å². The molecule has 1 N–H and O–H groups in total. The fourth-order valence-corrected chi connectivity index (χ4v) is 5.43. The molecule has 1 aromatic carbocycles. The van der Waals surface area contributed by atoms with Crippen LogP contribution in [0.5, 0.6) is 0 Å². The molecular weight excluding hydrogens is 383 g/mol. The molecule has 2 aromatic rings. The van der Waals surface area contributed by atoms with Crippen molar-refractivity contribution in [2.24, 2.45) is 0 Å². The normalized spacial score (nSPS) is 24.2. The molecule has 7 heteroatoms. The summed E-state index contributed by atoms with van der Waals surface area (Å²) in [7, 11) is 0. The zero-order chi connectivity index (χ0) is 18.5. The first-order valence-electron chi connectivity index (χ1n) is 9.76. The van der Waals surface area contributed by atoms with Gasteiger partial charge in [-0.25, -0.2) is 9.69 Å². The molecule has 2 atom stereocenters. The van der Waals surface area contributed by atoms with Crippen LogP contribution in [0.25, 0.3) is 5.69 Å². The van der Waals surface area contributed by atoms with Crippen LogP contribution in [0.3, 0.4) is 0 Å². The van der Waals surface area contributed by atoms with Crippen molar-refractivity contribution in [3.63, 3.8) is 0 Å². The molecule has 1 saturated heterocycles. The molecule has 5 rings (SSSR count). The lowest BCUT2D eigenvalue weighted by atomic mass is 9.95. The number of benzene rings is 1. The number of carbonyl (C=O) groups excluding carboxylic acids is 1. The van der Waals surface area contributed by atoms with Crippen LogP contribution in [-0.2, 0) is 0 Å². The lowest BCUT2D eigenvalue weighted by Crippen LogP contribution is -2.45. The van der Waals surface area contributed by atoms with Crippen molar-refractivity contribution in [3.05, 3.63) is 45.2 Å². The van der Waals surface area contributed by atoms with E-state index in [9.17, 15) is 4.79 Å². The zero-order valence-corrected chi connectivity index (χ0v) is 16.6. The van der Waals surface area contributed by atoms with Gasteiger partial charge in [0.1, 0.15) is 0 Å². The highest BCUT2D eigenvalue weighted by atomic mass is 35.5. The molecule has 1 aliphatic heterocycles. The number of piperidine rings is 1. The van der Waals surface area contributed by atoms with Gasteiger partial charge in [0.25, 0.3) is 5.91 Å². The minimum absolute atomic E-state index is 0.0930. The largest absolute Gasteiger partial charge is 0.286 e. The third kappa shape index (κ3) is 2.96. The van der Waals surface area contributed by atoms with Crippen molar-refractivity contribution in [3.8, 4) is 5.69 Å². The number of carbonyl (C=O) groups is 1. The molecule has 1 saturated carbocycles. The third-order valence-corrected chi connectivity index (χ3v) is 6.69. The van der Waals surface area contributed by atoms with E-state index in [0.717, 1.165) is 56.4 Å². The van der Waals surface area contributed by atoms with Gasteiger partial charge in [0.2, 0.25) is 0 Å². The number of halogens is 2. The number of aromatic nitrogens is 2. The molecule has 2 fully saturated rings. The summed E-state index contributed by atoms with van der Waals surface area (Å²) in [5.41, 5.74) is 6.73. The predicted octanol–water partition coefficient (Wildman–Crippen LogP) is 4.67. The van der Waals surface area contributed by atoms with E-state index in [1.165, 1.54) is 12.1 Å².